The topological polar surface area (TPSA) is 79.8 Å². The second-order valence-corrected chi connectivity index (χ2v) is 6.27. The molecular weight excluding hydrogens is 366 g/mol. The first-order chi connectivity index (χ1) is 14.1. The first-order valence-corrected chi connectivity index (χ1v) is 9.02. The van der Waals surface area contributed by atoms with Crippen molar-refractivity contribution in [1.29, 1.82) is 0 Å². The van der Waals surface area contributed by atoms with Gasteiger partial charge in [0.1, 0.15) is 5.75 Å². The Balaban J connectivity index is 1.69. The van der Waals surface area contributed by atoms with Crippen LogP contribution in [0.25, 0.3) is 0 Å². The fourth-order valence-corrected chi connectivity index (χ4v) is 2.64. The molecule has 0 radical (unpaired) electrons. The number of carbonyl (C=O) groups excluding carboxylic acids is 2. The number of benzene rings is 3. The van der Waals surface area contributed by atoms with Gasteiger partial charge in [-0.05, 0) is 55.0 Å². The highest BCUT2D eigenvalue weighted by atomic mass is 16.5. The lowest BCUT2D eigenvalue weighted by Gasteiger charge is -2.08. The fourth-order valence-electron chi connectivity index (χ4n) is 2.64. The molecule has 0 aliphatic rings. The lowest BCUT2D eigenvalue weighted by Crippen LogP contribution is -2.19. The monoisotopic (exact) mass is 387 g/mol. The highest BCUT2D eigenvalue weighted by Crippen LogP contribution is 2.14. The lowest BCUT2D eigenvalue weighted by atomic mass is 10.1. The van der Waals surface area contributed by atoms with Gasteiger partial charge in [-0.15, -0.1) is 0 Å². The van der Waals surface area contributed by atoms with Gasteiger partial charge in [-0.3, -0.25) is 9.59 Å². The molecule has 0 aliphatic carbocycles. The third kappa shape index (κ3) is 5.29. The molecular formula is C23H21N3O3. The van der Waals surface area contributed by atoms with E-state index in [0.29, 0.717) is 28.3 Å². The van der Waals surface area contributed by atoms with E-state index >= 15 is 0 Å². The van der Waals surface area contributed by atoms with Gasteiger partial charge in [0.25, 0.3) is 11.8 Å². The quantitative estimate of drug-likeness (QED) is 0.494. The first-order valence-electron chi connectivity index (χ1n) is 9.02. The zero-order valence-electron chi connectivity index (χ0n) is 16.2. The van der Waals surface area contributed by atoms with Crippen molar-refractivity contribution < 1.29 is 14.3 Å². The van der Waals surface area contributed by atoms with E-state index in [0.717, 1.165) is 5.56 Å². The van der Waals surface area contributed by atoms with Gasteiger partial charge in [-0.25, -0.2) is 5.43 Å². The average Bonchev–Trinajstić information content (AvgIpc) is 2.78. The Bertz CT molecular complexity index is 1050. The summed E-state index contributed by atoms with van der Waals surface area (Å²) in [6.45, 7) is 1.78. The van der Waals surface area contributed by atoms with E-state index in [4.69, 9.17) is 4.74 Å². The zero-order chi connectivity index (χ0) is 20.6. The summed E-state index contributed by atoms with van der Waals surface area (Å²) in [5.74, 6) is 0.0701. The van der Waals surface area contributed by atoms with Crippen LogP contribution in [0.4, 0.5) is 5.69 Å². The SMILES string of the molecule is COc1cccc(C(=O)N/N=C(/C)c2cccc(NC(=O)c3ccccc3)c2)c1. The van der Waals surface area contributed by atoms with Crippen molar-refractivity contribution >= 4 is 23.2 Å². The van der Waals surface area contributed by atoms with E-state index in [9.17, 15) is 9.59 Å². The number of nitrogens with one attached hydrogen (secondary N) is 2. The van der Waals surface area contributed by atoms with Gasteiger partial charge in [0.15, 0.2) is 0 Å². The molecule has 29 heavy (non-hydrogen) atoms. The van der Waals surface area contributed by atoms with Crippen molar-refractivity contribution in [3.05, 3.63) is 95.6 Å². The molecule has 2 N–H and O–H groups in total. The lowest BCUT2D eigenvalue weighted by molar-refractivity contribution is 0.0953. The highest BCUT2D eigenvalue weighted by molar-refractivity contribution is 6.06. The minimum atomic E-state index is -0.336. The molecule has 0 spiro atoms. The Hall–Kier alpha value is -3.93. The van der Waals surface area contributed by atoms with Crippen molar-refractivity contribution in [2.75, 3.05) is 12.4 Å². The van der Waals surface area contributed by atoms with Crippen molar-refractivity contribution in [2.45, 2.75) is 6.92 Å². The van der Waals surface area contributed by atoms with Gasteiger partial charge in [0.05, 0.1) is 12.8 Å². The molecule has 0 fully saturated rings. The molecule has 0 saturated carbocycles. The standard InChI is InChI=1S/C23H21N3O3/c1-16(25-26-23(28)19-11-7-13-21(15-19)29-2)18-10-6-12-20(14-18)24-22(27)17-8-4-3-5-9-17/h3-15H,1-2H3,(H,24,27)(H,26,28)/b25-16-. The molecule has 6 nitrogen and oxygen atoms in total. The van der Waals surface area contributed by atoms with Gasteiger partial charge in [-0.2, -0.15) is 5.10 Å². The van der Waals surface area contributed by atoms with E-state index in [1.807, 2.05) is 30.3 Å². The molecule has 0 aromatic heterocycles. The summed E-state index contributed by atoms with van der Waals surface area (Å²) in [5, 5.41) is 7.03. The molecule has 0 unspecified atom stereocenters. The number of nitrogens with zero attached hydrogens (tertiary/aromatic N) is 1. The maximum Gasteiger partial charge on any atom is 0.271 e. The molecule has 3 rings (SSSR count). The maximum atomic E-state index is 12.3. The number of carbonyl (C=O) groups is 2. The molecule has 146 valence electrons. The predicted octanol–water partition coefficient (Wildman–Crippen LogP) is 4.10. The number of rotatable bonds is 6. The van der Waals surface area contributed by atoms with Crippen LogP contribution in [-0.2, 0) is 0 Å². The zero-order valence-corrected chi connectivity index (χ0v) is 16.2. The molecule has 0 atom stereocenters. The molecule has 2 amide bonds. The van der Waals surface area contributed by atoms with Crippen LogP contribution >= 0.6 is 0 Å². The molecule has 0 saturated heterocycles. The van der Waals surface area contributed by atoms with Gasteiger partial charge < -0.3 is 10.1 Å². The van der Waals surface area contributed by atoms with Crippen molar-refractivity contribution in [1.82, 2.24) is 5.43 Å². The summed E-state index contributed by atoms with van der Waals surface area (Å²) in [6, 6.07) is 23.1. The van der Waals surface area contributed by atoms with Crippen LogP contribution in [0.1, 0.15) is 33.2 Å². The first kappa shape index (κ1) is 19.8. The number of anilines is 1. The molecule has 3 aromatic carbocycles. The largest absolute Gasteiger partial charge is 0.497 e. The summed E-state index contributed by atoms with van der Waals surface area (Å²) < 4.78 is 5.13. The summed E-state index contributed by atoms with van der Waals surface area (Å²) >= 11 is 0. The van der Waals surface area contributed by atoms with Crippen LogP contribution < -0.4 is 15.5 Å². The molecule has 0 heterocycles. The summed E-state index contributed by atoms with van der Waals surface area (Å²) in [7, 11) is 1.54. The Morgan fingerprint density at radius 1 is 0.793 bits per heavy atom. The van der Waals surface area contributed by atoms with E-state index < -0.39 is 0 Å². The smallest absolute Gasteiger partial charge is 0.271 e. The van der Waals surface area contributed by atoms with Gasteiger partial charge in [0.2, 0.25) is 0 Å². The van der Waals surface area contributed by atoms with Crippen LogP contribution in [0.3, 0.4) is 0 Å². The van der Waals surface area contributed by atoms with E-state index in [1.165, 1.54) is 0 Å². The summed E-state index contributed by atoms with van der Waals surface area (Å²) in [5.41, 5.74) is 5.60. The fraction of sp³-hybridized carbons (Fsp3) is 0.0870. The Morgan fingerprint density at radius 3 is 2.24 bits per heavy atom. The second-order valence-electron chi connectivity index (χ2n) is 6.27. The van der Waals surface area contributed by atoms with Crippen molar-refractivity contribution in [3.8, 4) is 5.75 Å². The Kier molecular flexibility index (Phi) is 6.37. The number of amides is 2. The van der Waals surface area contributed by atoms with Crippen LogP contribution in [0.2, 0.25) is 0 Å². The van der Waals surface area contributed by atoms with Crippen LogP contribution in [-0.4, -0.2) is 24.6 Å². The van der Waals surface area contributed by atoms with E-state index in [1.54, 1.807) is 62.6 Å². The summed E-state index contributed by atoms with van der Waals surface area (Å²) in [6.07, 6.45) is 0. The van der Waals surface area contributed by atoms with Crippen LogP contribution in [0.15, 0.2) is 84.0 Å². The predicted molar refractivity (Wildman–Crippen MR) is 114 cm³/mol. The van der Waals surface area contributed by atoms with Crippen molar-refractivity contribution in [3.63, 3.8) is 0 Å². The number of hydrogen-bond donors (Lipinski definition) is 2. The minimum absolute atomic E-state index is 0.191. The average molecular weight is 387 g/mol. The third-order valence-corrected chi connectivity index (χ3v) is 4.23. The normalized spacial score (nSPS) is 10.9. The third-order valence-electron chi connectivity index (χ3n) is 4.23. The maximum absolute atomic E-state index is 12.3. The number of ether oxygens (including phenoxy) is 1. The minimum Gasteiger partial charge on any atom is -0.497 e. The molecule has 3 aromatic rings. The van der Waals surface area contributed by atoms with Crippen LogP contribution in [0, 0.1) is 0 Å². The Labute approximate surface area is 169 Å². The molecule has 0 bridgehead atoms. The molecule has 6 heteroatoms. The summed E-state index contributed by atoms with van der Waals surface area (Å²) in [4.78, 5) is 24.6. The highest BCUT2D eigenvalue weighted by Gasteiger charge is 2.08. The van der Waals surface area contributed by atoms with Gasteiger partial charge in [0, 0.05) is 16.8 Å². The van der Waals surface area contributed by atoms with Crippen molar-refractivity contribution in [2.24, 2.45) is 5.10 Å². The molecule has 0 aliphatic heterocycles. The Morgan fingerprint density at radius 2 is 1.48 bits per heavy atom. The number of methoxy groups -OCH3 is 1. The van der Waals surface area contributed by atoms with Gasteiger partial charge >= 0.3 is 0 Å². The number of hydrazone groups is 1. The van der Waals surface area contributed by atoms with Gasteiger partial charge in [-0.1, -0.05) is 36.4 Å². The van der Waals surface area contributed by atoms with Crippen LogP contribution in [0.5, 0.6) is 5.75 Å². The van der Waals surface area contributed by atoms with E-state index in [2.05, 4.69) is 15.8 Å². The second kappa shape index (κ2) is 9.32. The van der Waals surface area contributed by atoms with E-state index in [-0.39, 0.29) is 11.8 Å². The number of hydrogen-bond acceptors (Lipinski definition) is 4.